The van der Waals surface area contributed by atoms with Gasteiger partial charge in [-0.3, -0.25) is 0 Å². The van der Waals surface area contributed by atoms with Gasteiger partial charge in [-0.05, 0) is 23.7 Å². The van der Waals surface area contributed by atoms with Crippen molar-refractivity contribution in [2.24, 2.45) is 23.2 Å². The van der Waals surface area contributed by atoms with Crippen LogP contribution in [-0.2, 0) is 14.3 Å². The van der Waals surface area contributed by atoms with Crippen LogP contribution in [0.25, 0.3) is 0 Å². The second kappa shape index (κ2) is 9.24. The van der Waals surface area contributed by atoms with Crippen molar-refractivity contribution in [2.75, 3.05) is 0 Å². The van der Waals surface area contributed by atoms with Crippen LogP contribution in [0.3, 0.4) is 0 Å². The molecule has 1 aliphatic carbocycles. The minimum atomic E-state index is -1.13. The maximum Gasteiger partial charge on any atom is 0.331 e. The summed E-state index contributed by atoms with van der Waals surface area (Å²) in [6.07, 6.45) is 8.69. The second-order valence-electron chi connectivity index (χ2n) is 8.57. The van der Waals surface area contributed by atoms with Crippen LogP contribution in [0.5, 0.6) is 0 Å². The van der Waals surface area contributed by atoms with E-state index >= 15 is 0 Å². The van der Waals surface area contributed by atoms with Crippen LogP contribution in [0.2, 0.25) is 0 Å². The molecule has 0 aromatic carbocycles. The van der Waals surface area contributed by atoms with Gasteiger partial charge in [0.05, 0.1) is 0 Å². The van der Waals surface area contributed by atoms with Crippen LogP contribution < -0.4 is 0 Å². The number of ether oxygens (including phenoxy) is 1. The van der Waals surface area contributed by atoms with Crippen molar-refractivity contribution in [3.05, 3.63) is 12.2 Å². The molecule has 2 atom stereocenters. The van der Waals surface area contributed by atoms with Gasteiger partial charge in [-0.2, -0.15) is 0 Å². The van der Waals surface area contributed by atoms with Crippen LogP contribution in [0, 0.1) is 23.2 Å². The fourth-order valence-corrected chi connectivity index (χ4v) is 4.12. The fourth-order valence-electron chi connectivity index (χ4n) is 4.12. The maximum absolute atomic E-state index is 12.1. The van der Waals surface area contributed by atoms with E-state index in [-0.39, 0.29) is 11.5 Å². The number of hydrogen-bond donors (Lipinski definition) is 1. The van der Waals surface area contributed by atoms with Gasteiger partial charge in [0, 0.05) is 18.1 Å². The highest BCUT2D eigenvalue weighted by Crippen LogP contribution is 2.44. The Hall–Kier alpha value is -1.32. The van der Waals surface area contributed by atoms with E-state index in [1.165, 1.54) is 32.1 Å². The topological polar surface area (TPSA) is 63.6 Å². The Bertz CT molecular complexity index is 439. The number of hydrogen-bond acceptors (Lipinski definition) is 3. The molecule has 0 radical (unpaired) electrons. The number of carbonyl (C=O) groups is 2. The van der Waals surface area contributed by atoms with Gasteiger partial charge in [0.15, 0.2) is 0 Å². The predicted octanol–water partition coefficient (Wildman–Crippen LogP) is 4.83. The lowest BCUT2D eigenvalue weighted by Crippen LogP contribution is -2.42. The van der Waals surface area contributed by atoms with Gasteiger partial charge in [0.2, 0.25) is 0 Å². The molecule has 0 amide bonds. The first-order valence-electron chi connectivity index (χ1n) is 9.23. The Morgan fingerprint density at radius 2 is 1.71 bits per heavy atom. The zero-order valence-electron chi connectivity index (χ0n) is 15.9. The van der Waals surface area contributed by atoms with Crippen LogP contribution in [0.1, 0.15) is 73.1 Å². The standard InChI is InChI=1S/C20H34O4/c1-14(2)13-16(24-18(23)12-11-17(21)22)19(20(3,4)5)15-9-7-6-8-10-15/h11-12,14-16,19H,6-10,13H2,1-5H3,(H,21,22)/b12-11+. The molecule has 1 fully saturated rings. The maximum atomic E-state index is 12.1. The smallest absolute Gasteiger partial charge is 0.331 e. The van der Waals surface area contributed by atoms with Gasteiger partial charge in [0.1, 0.15) is 6.10 Å². The summed E-state index contributed by atoms with van der Waals surface area (Å²) >= 11 is 0. The lowest BCUT2D eigenvalue weighted by atomic mass is 9.65. The molecule has 0 aromatic rings. The van der Waals surface area contributed by atoms with Gasteiger partial charge in [0.25, 0.3) is 0 Å². The molecule has 1 aliphatic rings. The summed E-state index contributed by atoms with van der Waals surface area (Å²) < 4.78 is 5.76. The molecule has 138 valence electrons. The van der Waals surface area contributed by atoms with Gasteiger partial charge in [-0.15, -0.1) is 0 Å². The summed E-state index contributed by atoms with van der Waals surface area (Å²) in [5.74, 6) is -0.402. The van der Waals surface area contributed by atoms with E-state index < -0.39 is 11.9 Å². The van der Waals surface area contributed by atoms with Crippen molar-refractivity contribution in [3.63, 3.8) is 0 Å². The molecule has 1 saturated carbocycles. The molecule has 1 rings (SSSR count). The molecule has 0 spiro atoms. The number of carboxylic acid groups (broad SMARTS) is 1. The zero-order valence-corrected chi connectivity index (χ0v) is 15.9. The molecule has 4 nitrogen and oxygen atoms in total. The van der Waals surface area contributed by atoms with Crippen LogP contribution in [0.15, 0.2) is 12.2 Å². The van der Waals surface area contributed by atoms with E-state index in [2.05, 4.69) is 34.6 Å². The van der Waals surface area contributed by atoms with E-state index in [0.29, 0.717) is 17.8 Å². The highest BCUT2D eigenvalue weighted by Gasteiger charge is 2.40. The molecular weight excluding hydrogens is 304 g/mol. The molecular formula is C20H34O4. The number of rotatable bonds is 7. The van der Waals surface area contributed by atoms with Crippen molar-refractivity contribution in [3.8, 4) is 0 Å². The van der Waals surface area contributed by atoms with Crippen LogP contribution in [-0.4, -0.2) is 23.1 Å². The Morgan fingerprint density at radius 3 is 2.17 bits per heavy atom. The summed E-state index contributed by atoms with van der Waals surface area (Å²) in [5, 5.41) is 8.69. The highest BCUT2D eigenvalue weighted by molar-refractivity contribution is 5.90. The largest absolute Gasteiger partial charge is 0.478 e. The SMILES string of the molecule is CC(C)CC(OC(=O)/C=C/C(=O)O)C(C1CCCCC1)C(C)(C)C. The quantitative estimate of drug-likeness (QED) is 0.533. The van der Waals surface area contributed by atoms with Crippen molar-refractivity contribution in [2.45, 2.75) is 79.2 Å². The molecule has 24 heavy (non-hydrogen) atoms. The summed E-state index contributed by atoms with van der Waals surface area (Å²) in [6, 6.07) is 0. The average Bonchev–Trinajstić information content (AvgIpc) is 2.44. The number of esters is 1. The molecule has 0 aliphatic heterocycles. The van der Waals surface area contributed by atoms with E-state index in [0.717, 1.165) is 18.6 Å². The van der Waals surface area contributed by atoms with Crippen LogP contribution in [0.4, 0.5) is 0 Å². The normalized spacial score (nSPS) is 19.4. The monoisotopic (exact) mass is 338 g/mol. The molecule has 0 heterocycles. The third kappa shape index (κ3) is 7.06. The summed E-state index contributed by atoms with van der Waals surface area (Å²) in [6.45, 7) is 10.9. The Labute approximate surface area is 146 Å². The van der Waals surface area contributed by atoms with Gasteiger partial charge >= 0.3 is 11.9 Å². The molecule has 1 N–H and O–H groups in total. The van der Waals surface area contributed by atoms with E-state index in [1.807, 2.05) is 0 Å². The molecule has 0 bridgehead atoms. The van der Waals surface area contributed by atoms with Crippen molar-refractivity contribution < 1.29 is 19.4 Å². The highest BCUT2D eigenvalue weighted by atomic mass is 16.5. The minimum Gasteiger partial charge on any atom is -0.478 e. The van der Waals surface area contributed by atoms with Crippen molar-refractivity contribution in [1.29, 1.82) is 0 Å². The lowest BCUT2D eigenvalue weighted by molar-refractivity contribution is -0.152. The van der Waals surface area contributed by atoms with E-state index in [1.54, 1.807) is 0 Å². The second-order valence-corrected chi connectivity index (χ2v) is 8.57. The van der Waals surface area contributed by atoms with Gasteiger partial charge in [-0.1, -0.05) is 66.7 Å². The van der Waals surface area contributed by atoms with Gasteiger partial charge in [-0.25, -0.2) is 9.59 Å². The average molecular weight is 338 g/mol. The van der Waals surface area contributed by atoms with Crippen LogP contribution >= 0.6 is 0 Å². The molecule has 2 unspecified atom stereocenters. The van der Waals surface area contributed by atoms with Crippen molar-refractivity contribution in [1.82, 2.24) is 0 Å². The number of aliphatic carboxylic acids is 1. The zero-order chi connectivity index (χ0) is 18.3. The predicted molar refractivity (Wildman–Crippen MR) is 95.6 cm³/mol. The molecule has 0 saturated heterocycles. The molecule has 4 heteroatoms. The Morgan fingerprint density at radius 1 is 1.12 bits per heavy atom. The first kappa shape index (κ1) is 20.7. The lowest BCUT2D eigenvalue weighted by Gasteiger charge is -2.43. The first-order chi connectivity index (χ1) is 11.1. The third-order valence-corrected chi connectivity index (χ3v) is 4.89. The van der Waals surface area contributed by atoms with E-state index in [9.17, 15) is 9.59 Å². The summed E-state index contributed by atoms with van der Waals surface area (Å²) in [7, 11) is 0. The Balaban J connectivity index is 2.98. The summed E-state index contributed by atoms with van der Waals surface area (Å²) in [5.41, 5.74) is 0.0400. The molecule has 0 aromatic heterocycles. The first-order valence-corrected chi connectivity index (χ1v) is 9.23. The van der Waals surface area contributed by atoms with E-state index in [4.69, 9.17) is 9.84 Å². The minimum absolute atomic E-state index is 0.0400. The summed E-state index contributed by atoms with van der Waals surface area (Å²) in [4.78, 5) is 22.7. The fraction of sp³-hybridized carbons (Fsp3) is 0.800. The van der Waals surface area contributed by atoms with Crippen molar-refractivity contribution >= 4 is 11.9 Å². The van der Waals surface area contributed by atoms with Gasteiger partial charge < -0.3 is 9.84 Å². The Kier molecular flexibility index (Phi) is 7.98. The number of carbonyl (C=O) groups excluding carboxylic acids is 1. The number of carboxylic acids is 1. The third-order valence-electron chi connectivity index (χ3n) is 4.89.